The summed E-state index contributed by atoms with van der Waals surface area (Å²) in [6.45, 7) is 0.929. The Morgan fingerprint density at radius 2 is 2.55 bits per heavy atom. The van der Waals surface area contributed by atoms with Crippen LogP contribution in [0.5, 0.6) is 0 Å². The predicted octanol–water partition coefficient (Wildman–Crippen LogP) is 0.249. The zero-order chi connectivity index (χ0) is 8.27. The Morgan fingerprint density at radius 3 is 2.91 bits per heavy atom. The second-order valence-corrected chi connectivity index (χ2v) is 2.67. The minimum Gasteiger partial charge on any atom is -0.467 e. The Labute approximate surface area is 64.9 Å². The Balaban J connectivity index is 2.18. The summed E-state index contributed by atoms with van der Waals surface area (Å²) < 4.78 is 17.0. The van der Waals surface area contributed by atoms with Crippen LogP contribution in [0, 0.1) is 0 Å². The van der Waals surface area contributed by atoms with E-state index in [0.29, 0.717) is 0 Å². The Bertz CT molecular complexity index is 147. The van der Waals surface area contributed by atoms with E-state index in [4.69, 9.17) is 0 Å². The number of halogens is 1. The summed E-state index contributed by atoms with van der Waals surface area (Å²) in [5.74, 6) is -0.765. The van der Waals surface area contributed by atoms with Gasteiger partial charge in [0.15, 0.2) is 6.17 Å². The van der Waals surface area contributed by atoms with Crippen molar-refractivity contribution in [1.29, 1.82) is 0 Å². The average molecular weight is 161 g/mol. The number of nitrogens with one attached hydrogen (secondary N) is 1. The molecule has 0 bridgehead atoms. The summed E-state index contributed by atoms with van der Waals surface area (Å²) in [4.78, 5) is 10.6. The fourth-order valence-electron chi connectivity index (χ4n) is 1.02. The molecule has 0 amide bonds. The summed E-state index contributed by atoms with van der Waals surface area (Å²) in [7, 11) is 1.20. The van der Waals surface area contributed by atoms with Crippen LogP contribution in [0.15, 0.2) is 0 Å². The predicted molar refractivity (Wildman–Crippen MR) is 37.9 cm³/mol. The number of hydrogen-bond donors (Lipinski definition) is 1. The molecule has 1 rings (SSSR count). The molecule has 0 saturated carbocycles. The van der Waals surface area contributed by atoms with E-state index < -0.39 is 12.1 Å². The van der Waals surface area contributed by atoms with E-state index >= 15 is 0 Å². The fraction of sp³-hybridized carbons (Fsp3) is 0.857. The highest BCUT2D eigenvalue weighted by molar-refractivity contribution is 5.74. The van der Waals surface area contributed by atoms with Gasteiger partial charge in [-0.05, 0) is 13.0 Å². The zero-order valence-electron chi connectivity index (χ0n) is 6.47. The van der Waals surface area contributed by atoms with Gasteiger partial charge in [0.25, 0.3) is 0 Å². The maximum Gasteiger partial charge on any atom is 0.340 e. The van der Waals surface area contributed by atoms with Gasteiger partial charge in [-0.2, -0.15) is 0 Å². The maximum atomic E-state index is 12.8. The third kappa shape index (κ3) is 2.15. The molecule has 0 spiro atoms. The van der Waals surface area contributed by atoms with Crippen LogP contribution >= 0.6 is 0 Å². The second kappa shape index (κ2) is 3.67. The lowest BCUT2D eigenvalue weighted by molar-refractivity contribution is -0.147. The third-order valence-corrected chi connectivity index (χ3v) is 1.87. The second-order valence-electron chi connectivity index (χ2n) is 2.67. The molecule has 0 radical (unpaired) electrons. The van der Waals surface area contributed by atoms with Gasteiger partial charge < -0.3 is 10.1 Å². The number of ether oxygens (including phenoxy) is 1. The van der Waals surface area contributed by atoms with Crippen LogP contribution in [0.25, 0.3) is 0 Å². The molecule has 64 valence electrons. The first-order chi connectivity index (χ1) is 5.24. The Morgan fingerprint density at radius 1 is 1.91 bits per heavy atom. The van der Waals surface area contributed by atoms with Crippen LogP contribution in [0.1, 0.15) is 12.8 Å². The van der Waals surface area contributed by atoms with Gasteiger partial charge in [0.1, 0.15) is 0 Å². The molecule has 1 heterocycles. The van der Waals surface area contributed by atoms with Gasteiger partial charge >= 0.3 is 5.97 Å². The van der Waals surface area contributed by atoms with E-state index in [0.717, 1.165) is 13.0 Å². The van der Waals surface area contributed by atoms with Crippen molar-refractivity contribution in [1.82, 2.24) is 5.32 Å². The van der Waals surface area contributed by atoms with Crippen molar-refractivity contribution in [2.75, 3.05) is 13.7 Å². The Kier molecular flexibility index (Phi) is 2.82. The Hall–Kier alpha value is -0.640. The number of alkyl halides is 1. The lowest BCUT2D eigenvalue weighted by Crippen LogP contribution is -2.45. The fourth-order valence-corrected chi connectivity index (χ4v) is 1.02. The van der Waals surface area contributed by atoms with E-state index in [2.05, 4.69) is 10.1 Å². The summed E-state index contributed by atoms with van der Waals surface area (Å²) in [6, 6.07) is 0.170. The largest absolute Gasteiger partial charge is 0.467 e. The molecule has 2 unspecified atom stereocenters. The number of methoxy groups -OCH3 is 1. The molecular formula is C7H12FNO2. The van der Waals surface area contributed by atoms with Crippen molar-refractivity contribution in [3.05, 3.63) is 0 Å². The molecule has 3 nitrogen and oxygen atoms in total. The van der Waals surface area contributed by atoms with Crippen LogP contribution in [0.4, 0.5) is 4.39 Å². The molecule has 1 aliphatic heterocycles. The van der Waals surface area contributed by atoms with Crippen LogP contribution < -0.4 is 5.32 Å². The van der Waals surface area contributed by atoms with E-state index in [-0.39, 0.29) is 12.5 Å². The molecule has 2 atom stereocenters. The van der Waals surface area contributed by atoms with Gasteiger partial charge in [-0.3, -0.25) is 0 Å². The summed E-state index contributed by atoms with van der Waals surface area (Å²) in [6.07, 6.45) is -0.262. The molecule has 1 aliphatic rings. The molecule has 4 heteroatoms. The standard InChI is InChI=1S/C7H12FNO2/c1-11-7(10)6(8)4-5-2-3-9-5/h5-6,9H,2-4H2,1H3. The van der Waals surface area contributed by atoms with E-state index in [9.17, 15) is 9.18 Å². The molecule has 0 aromatic carbocycles. The summed E-state index contributed by atoms with van der Waals surface area (Å²) >= 11 is 0. The summed E-state index contributed by atoms with van der Waals surface area (Å²) in [5.41, 5.74) is 0. The van der Waals surface area contributed by atoms with Crippen molar-refractivity contribution in [2.45, 2.75) is 25.1 Å². The first-order valence-corrected chi connectivity index (χ1v) is 3.69. The molecule has 1 fully saturated rings. The number of carbonyl (C=O) groups excluding carboxylic acids is 1. The van der Waals surface area contributed by atoms with E-state index in [1.807, 2.05) is 0 Å². The van der Waals surface area contributed by atoms with Gasteiger partial charge in [-0.1, -0.05) is 0 Å². The lowest BCUT2D eigenvalue weighted by atomic mass is 10.0. The van der Waals surface area contributed by atoms with E-state index in [1.165, 1.54) is 7.11 Å². The molecular weight excluding hydrogens is 149 g/mol. The highest BCUT2D eigenvalue weighted by atomic mass is 19.1. The molecule has 0 aliphatic carbocycles. The monoisotopic (exact) mass is 161 g/mol. The number of rotatable bonds is 3. The van der Waals surface area contributed by atoms with Crippen LogP contribution in [-0.4, -0.2) is 31.8 Å². The summed E-state index contributed by atoms with van der Waals surface area (Å²) in [5, 5.41) is 3.01. The van der Waals surface area contributed by atoms with Gasteiger partial charge in [0.2, 0.25) is 0 Å². The third-order valence-electron chi connectivity index (χ3n) is 1.87. The zero-order valence-corrected chi connectivity index (χ0v) is 6.47. The molecule has 1 saturated heterocycles. The van der Waals surface area contributed by atoms with Crippen LogP contribution in [0.2, 0.25) is 0 Å². The number of esters is 1. The van der Waals surface area contributed by atoms with Gasteiger partial charge in [-0.25, -0.2) is 9.18 Å². The minimum atomic E-state index is -1.46. The topological polar surface area (TPSA) is 38.3 Å². The molecule has 0 aromatic rings. The minimum absolute atomic E-state index is 0.170. The van der Waals surface area contributed by atoms with Crippen LogP contribution in [-0.2, 0) is 9.53 Å². The van der Waals surface area contributed by atoms with Gasteiger partial charge in [-0.15, -0.1) is 0 Å². The van der Waals surface area contributed by atoms with Crippen LogP contribution in [0.3, 0.4) is 0 Å². The maximum absolute atomic E-state index is 12.8. The molecule has 1 N–H and O–H groups in total. The average Bonchev–Trinajstić information content (AvgIpc) is 1.94. The van der Waals surface area contributed by atoms with Gasteiger partial charge in [0.05, 0.1) is 7.11 Å². The van der Waals surface area contributed by atoms with E-state index in [1.54, 1.807) is 0 Å². The number of carbonyl (C=O) groups is 1. The quantitative estimate of drug-likeness (QED) is 0.603. The smallest absolute Gasteiger partial charge is 0.340 e. The van der Waals surface area contributed by atoms with Crippen molar-refractivity contribution in [3.63, 3.8) is 0 Å². The highest BCUT2D eigenvalue weighted by Crippen LogP contribution is 2.12. The van der Waals surface area contributed by atoms with Crippen molar-refractivity contribution in [2.24, 2.45) is 0 Å². The number of hydrogen-bond acceptors (Lipinski definition) is 3. The van der Waals surface area contributed by atoms with Crippen molar-refractivity contribution < 1.29 is 13.9 Å². The first kappa shape index (κ1) is 8.46. The molecule has 0 aromatic heterocycles. The SMILES string of the molecule is COC(=O)C(F)CC1CCN1. The molecule has 11 heavy (non-hydrogen) atoms. The lowest BCUT2D eigenvalue weighted by Gasteiger charge is -2.27. The highest BCUT2D eigenvalue weighted by Gasteiger charge is 2.26. The van der Waals surface area contributed by atoms with Gasteiger partial charge in [0, 0.05) is 12.5 Å². The normalized spacial score (nSPS) is 25.5. The van der Waals surface area contributed by atoms with Crippen molar-refractivity contribution in [3.8, 4) is 0 Å². The first-order valence-electron chi connectivity index (χ1n) is 3.69. The van der Waals surface area contributed by atoms with Crippen molar-refractivity contribution >= 4 is 5.97 Å².